The number of hydrogen-bond donors (Lipinski definition) is 1. The summed E-state index contributed by atoms with van der Waals surface area (Å²) in [5, 5.41) is 3.10. The Labute approximate surface area is 122 Å². The quantitative estimate of drug-likeness (QED) is 0.754. The molecule has 1 aromatic rings. The normalized spacial score (nSPS) is 12.9. The van der Waals surface area contributed by atoms with E-state index in [-0.39, 0.29) is 5.82 Å². The average Bonchev–Trinajstić information content (AvgIpc) is 2.46. The number of nitrogens with zero attached hydrogens (tertiary/aromatic N) is 1. The number of halogens is 1. The Kier molecular flexibility index (Phi) is 7.73. The van der Waals surface area contributed by atoms with Crippen molar-refractivity contribution in [2.45, 2.75) is 39.4 Å². The van der Waals surface area contributed by atoms with Gasteiger partial charge < -0.3 is 10.1 Å². The highest BCUT2D eigenvalue weighted by Gasteiger charge is 2.15. The second-order valence-electron chi connectivity index (χ2n) is 5.18. The van der Waals surface area contributed by atoms with Crippen LogP contribution in [-0.4, -0.2) is 38.3 Å². The summed E-state index contributed by atoms with van der Waals surface area (Å²) >= 11 is 0. The summed E-state index contributed by atoms with van der Waals surface area (Å²) in [6.45, 7) is 7.20. The van der Waals surface area contributed by atoms with Crippen LogP contribution in [0, 0.1) is 5.82 Å². The number of hydrogen-bond acceptors (Lipinski definition) is 3. The second kappa shape index (κ2) is 9.06. The molecule has 0 spiro atoms. The van der Waals surface area contributed by atoms with E-state index in [1.807, 2.05) is 19.2 Å². The number of nitrogens with one attached hydrogen (secondary N) is 1. The Hall–Kier alpha value is -0.970. The molecule has 0 saturated carbocycles. The van der Waals surface area contributed by atoms with Gasteiger partial charge in [0.05, 0.1) is 6.61 Å². The van der Waals surface area contributed by atoms with Crippen LogP contribution in [0.4, 0.5) is 4.39 Å². The Morgan fingerprint density at radius 3 is 2.75 bits per heavy atom. The molecule has 1 N–H and O–H groups in total. The molecule has 1 rings (SSSR count). The summed E-state index contributed by atoms with van der Waals surface area (Å²) in [7, 11) is 3.59. The van der Waals surface area contributed by atoms with Gasteiger partial charge in [0.2, 0.25) is 0 Å². The van der Waals surface area contributed by atoms with E-state index in [9.17, 15) is 4.39 Å². The molecule has 0 amide bonds. The Bertz CT molecular complexity index is 398. The van der Waals surface area contributed by atoms with E-state index in [1.54, 1.807) is 13.2 Å². The van der Waals surface area contributed by atoms with Crippen molar-refractivity contribution < 1.29 is 9.13 Å². The van der Waals surface area contributed by atoms with Crippen LogP contribution in [0.15, 0.2) is 18.2 Å². The summed E-state index contributed by atoms with van der Waals surface area (Å²) in [5.41, 5.74) is 1.87. The summed E-state index contributed by atoms with van der Waals surface area (Å²) < 4.78 is 19.1. The highest BCUT2D eigenvalue weighted by molar-refractivity contribution is 5.25. The first kappa shape index (κ1) is 17.1. The first-order valence-electron chi connectivity index (χ1n) is 7.27. The van der Waals surface area contributed by atoms with Crippen molar-refractivity contribution in [2.75, 3.05) is 27.3 Å². The fraction of sp³-hybridized carbons (Fsp3) is 0.625. The van der Waals surface area contributed by atoms with Gasteiger partial charge in [-0.05, 0) is 32.0 Å². The molecule has 20 heavy (non-hydrogen) atoms. The highest BCUT2D eigenvalue weighted by atomic mass is 19.1. The van der Waals surface area contributed by atoms with E-state index in [1.165, 1.54) is 0 Å². The molecule has 0 radical (unpaired) electrons. The molecule has 0 bridgehead atoms. The predicted molar refractivity (Wildman–Crippen MR) is 81.2 cm³/mol. The smallest absolute Gasteiger partial charge is 0.127 e. The van der Waals surface area contributed by atoms with E-state index in [2.05, 4.69) is 24.1 Å². The zero-order valence-electron chi connectivity index (χ0n) is 13.1. The standard InChI is InChI=1S/C16H27FN2O/c1-5-13(2)19(8-9-20-4)12-15-10-14(11-18-3)6-7-16(15)17/h6-7,10,13,18H,5,8-9,11-12H2,1-4H3. The maximum absolute atomic E-state index is 14.0. The maximum Gasteiger partial charge on any atom is 0.127 e. The van der Waals surface area contributed by atoms with Gasteiger partial charge in [-0.15, -0.1) is 0 Å². The van der Waals surface area contributed by atoms with Gasteiger partial charge in [0.1, 0.15) is 5.82 Å². The number of methoxy groups -OCH3 is 1. The molecule has 0 aliphatic rings. The third kappa shape index (κ3) is 5.19. The fourth-order valence-corrected chi connectivity index (χ4v) is 2.20. The largest absolute Gasteiger partial charge is 0.383 e. The van der Waals surface area contributed by atoms with Gasteiger partial charge in [-0.2, -0.15) is 0 Å². The minimum Gasteiger partial charge on any atom is -0.383 e. The second-order valence-corrected chi connectivity index (χ2v) is 5.18. The van der Waals surface area contributed by atoms with Crippen LogP contribution < -0.4 is 5.32 Å². The van der Waals surface area contributed by atoms with Crippen molar-refractivity contribution in [1.29, 1.82) is 0 Å². The van der Waals surface area contributed by atoms with Crippen LogP contribution in [0.5, 0.6) is 0 Å². The molecule has 1 aromatic carbocycles. The molecule has 0 aromatic heterocycles. The summed E-state index contributed by atoms with van der Waals surface area (Å²) in [4.78, 5) is 2.27. The molecule has 4 heteroatoms. The Morgan fingerprint density at radius 1 is 1.40 bits per heavy atom. The van der Waals surface area contributed by atoms with Crippen molar-refractivity contribution in [3.63, 3.8) is 0 Å². The van der Waals surface area contributed by atoms with Gasteiger partial charge in [0, 0.05) is 38.3 Å². The number of rotatable bonds is 9. The van der Waals surface area contributed by atoms with Crippen LogP contribution in [0.3, 0.4) is 0 Å². The molecular weight excluding hydrogens is 255 g/mol. The lowest BCUT2D eigenvalue weighted by Gasteiger charge is -2.28. The molecule has 0 aliphatic carbocycles. The van der Waals surface area contributed by atoms with Crippen molar-refractivity contribution in [1.82, 2.24) is 10.2 Å². The van der Waals surface area contributed by atoms with Crippen LogP contribution in [0.25, 0.3) is 0 Å². The first-order chi connectivity index (χ1) is 9.62. The van der Waals surface area contributed by atoms with E-state index >= 15 is 0 Å². The Morgan fingerprint density at radius 2 is 2.15 bits per heavy atom. The summed E-state index contributed by atoms with van der Waals surface area (Å²) in [6, 6.07) is 5.76. The van der Waals surface area contributed by atoms with E-state index in [0.717, 1.165) is 30.6 Å². The number of benzene rings is 1. The summed E-state index contributed by atoms with van der Waals surface area (Å²) in [5.74, 6) is -0.129. The van der Waals surface area contributed by atoms with Crippen molar-refractivity contribution in [3.05, 3.63) is 35.1 Å². The lowest BCUT2D eigenvalue weighted by Crippen LogP contribution is -2.35. The first-order valence-corrected chi connectivity index (χ1v) is 7.27. The van der Waals surface area contributed by atoms with E-state index < -0.39 is 0 Å². The van der Waals surface area contributed by atoms with Crippen molar-refractivity contribution in [2.24, 2.45) is 0 Å². The average molecular weight is 282 g/mol. The zero-order valence-corrected chi connectivity index (χ0v) is 13.1. The predicted octanol–water partition coefficient (Wildman–Crippen LogP) is 2.79. The van der Waals surface area contributed by atoms with Crippen LogP contribution >= 0.6 is 0 Å². The Balaban J connectivity index is 2.82. The van der Waals surface area contributed by atoms with Gasteiger partial charge >= 0.3 is 0 Å². The molecule has 0 saturated heterocycles. The highest BCUT2D eigenvalue weighted by Crippen LogP contribution is 2.16. The van der Waals surface area contributed by atoms with E-state index in [0.29, 0.717) is 19.2 Å². The van der Waals surface area contributed by atoms with Gasteiger partial charge in [-0.3, -0.25) is 4.90 Å². The minimum absolute atomic E-state index is 0.129. The van der Waals surface area contributed by atoms with Gasteiger partial charge in [-0.25, -0.2) is 4.39 Å². The lowest BCUT2D eigenvalue weighted by atomic mass is 10.1. The van der Waals surface area contributed by atoms with Crippen molar-refractivity contribution >= 4 is 0 Å². The third-order valence-corrected chi connectivity index (χ3v) is 3.66. The SMILES string of the molecule is CCC(C)N(CCOC)Cc1cc(CNC)ccc1F. The van der Waals surface area contributed by atoms with Crippen LogP contribution in [0.1, 0.15) is 31.4 Å². The third-order valence-electron chi connectivity index (χ3n) is 3.66. The molecular formula is C16H27FN2O. The fourth-order valence-electron chi connectivity index (χ4n) is 2.20. The molecule has 0 aliphatic heterocycles. The van der Waals surface area contributed by atoms with Gasteiger partial charge in [0.15, 0.2) is 0 Å². The maximum atomic E-state index is 14.0. The van der Waals surface area contributed by atoms with Gasteiger partial charge in [-0.1, -0.05) is 19.1 Å². The van der Waals surface area contributed by atoms with E-state index in [4.69, 9.17) is 4.74 Å². The molecule has 1 atom stereocenters. The summed E-state index contributed by atoms with van der Waals surface area (Å²) in [6.07, 6.45) is 1.04. The molecule has 0 fully saturated rings. The van der Waals surface area contributed by atoms with Crippen molar-refractivity contribution in [3.8, 4) is 0 Å². The minimum atomic E-state index is -0.129. The molecule has 3 nitrogen and oxygen atoms in total. The number of ether oxygens (including phenoxy) is 1. The molecule has 114 valence electrons. The molecule has 1 unspecified atom stereocenters. The molecule has 0 heterocycles. The lowest BCUT2D eigenvalue weighted by molar-refractivity contribution is 0.117. The monoisotopic (exact) mass is 282 g/mol. The topological polar surface area (TPSA) is 24.5 Å². The van der Waals surface area contributed by atoms with Crippen LogP contribution in [0.2, 0.25) is 0 Å². The van der Waals surface area contributed by atoms with Gasteiger partial charge in [0.25, 0.3) is 0 Å². The van der Waals surface area contributed by atoms with Crippen LogP contribution in [-0.2, 0) is 17.8 Å². The zero-order chi connectivity index (χ0) is 15.0.